The van der Waals surface area contributed by atoms with E-state index < -0.39 is 0 Å². The van der Waals surface area contributed by atoms with Crippen LogP contribution in [0, 0.1) is 0 Å². The summed E-state index contributed by atoms with van der Waals surface area (Å²) >= 11 is 0. The van der Waals surface area contributed by atoms with Crippen molar-refractivity contribution in [1.29, 1.82) is 0 Å². The Morgan fingerprint density at radius 3 is 2.38 bits per heavy atom. The number of hydrogen-bond acceptors (Lipinski definition) is 0. The van der Waals surface area contributed by atoms with Crippen LogP contribution in [0.2, 0.25) is 0 Å². The molecule has 0 unspecified atom stereocenters. The number of hydrogen-bond donors (Lipinski definition) is 0. The van der Waals surface area contributed by atoms with E-state index in [9.17, 15) is 0 Å². The van der Waals surface area contributed by atoms with Crippen molar-refractivity contribution < 1.29 is 0 Å². The van der Waals surface area contributed by atoms with Gasteiger partial charge in [0, 0.05) is 28.5 Å². The fourth-order valence-corrected chi connectivity index (χ4v) is 4.33. The van der Waals surface area contributed by atoms with E-state index in [1.807, 2.05) is 0 Å². The third kappa shape index (κ3) is 1.44. The van der Waals surface area contributed by atoms with Crippen molar-refractivity contribution in [3.63, 3.8) is 0 Å². The van der Waals surface area contributed by atoms with Gasteiger partial charge in [-0.15, -0.1) is 0 Å². The van der Waals surface area contributed by atoms with Crippen molar-refractivity contribution in [2.45, 2.75) is 17.7 Å². The second-order valence-electron chi connectivity index (χ2n) is 3.64. The summed E-state index contributed by atoms with van der Waals surface area (Å²) in [5.41, 5.74) is 0. The van der Waals surface area contributed by atoms with Crippen LogP contribution in [-0.2, 0) is 17.9 Å². The summed E-state index contributed by atoms with van der Waals surface area (Å²) < 4.78 is 2.10. The normalized spacial score (nSPS) is 18.2. The van der Waals surface area contributed by atoms with Crippen LogP contribution in [0.3, 0.4) is 0 Å². The Morgan fingerprint density at radius 2 is 1.92 bits per heavy atom. The van der Waals surface area contributed by atoms with Crippen LogP contribution >= 0.6 is 0 Å². The van der Waals surface area contributed by atoms with E-state index in [-0.39, 0.29) is 0 Å². The molecule has 1 aromatic heterocycles. The van der Waals surface area contributed by atoms with Crippen molar-refractivity contribution in [3.05, 3.63) is 16.8 Å². The van der Waals surface area contributed by atoms with Crippen LogP contribution in [-0.4, -0.2) is 16.1 Å². The standard InChI is InChI=1S/C11H16NS/c1-9-10(2)12(3)8-11(9)13-6-4-5-7-13/h8H,1-2,4-7H2,3H3/q+1. The largest absolute Gasteiger partial charge is 0.346 e. The van der Waals surface area contributed by atoms with Gasteiger partial charge in [-0.2, -0.15) is 0 Å². The molecule has 0 N–H and O–H groups in total. The zero-order valence-corrected chi connectivity index (χ0v) is 8.99. The van der Waals surface area contributed by atoms with E-state index in [4.69, 9.17) is 0 Å². The van der Waals surface area contributed by atoms with E-state index in [2.05, 4.69) is 31.0 Å². The monoisotopic (exact) mass is 194 g/mol. The molecule has 13 heavy (non-hydrogen) atoms. The molecule has 1 aliphatic rings. The van der Waals surface area contributed by atoms with Crippen LogP contribution in [0.15, 0.2) is 11.1 Å². The minimum Gasteiger partial charge on any atom is -0.346 e. The molecule has 0 amide bonds. The number of nitrogens with zero attached hydrogens (tertiary/aromatic N) is 1. The molecule has 0 bridgehead atoms. The summed E-state index contributed by atoms with van der Waals surface area (Å²) in [6.07, 6.45) is 5.01. The van der Waals surface area contributed by atoms with Gasteiger partial charge in [-0.25, -0.2) is 0 Å². The molecule has 2 heteroatoms. The Morgan fingerprint density at radius 1 is 1.31 bits per heavy atom. The van der Waals surface area contributed by atoms with E-state index in [1.54, 1.807) is 0 Å². The number of rotatable bonds is 1. The van der Waals surface area contributed by atoms with Gasteiger partial charge < -0.3 is 4.57 Å². The first kappa shape index (κ1) is 8.95. The lowest BCUT2D eigenvalue weighted by Crippen LogP contribution is -2.27. The quantitative estimate of drug-likeness (QED) is 0.578. The topological polar surface area (TPSA) is 4.93 Å². The SMILES string of the molecule is C=c1c([S+]2CCCC2)cn(C)c1=C. The molecule has 1 aromatic rings. The molecule has 2 rings (SSSR count). The van der Waals surface area contributed by atoms with Gasteiger partial charge in [-0.3, -0.25) is 0 Å². The van der Waals surface area contributed by atoms with Crippen LogP contribution < -0.4 is 10.6 Å². The average molecular weight is 194 g/mol. The van der Waals surface area contributed by atoms with Crippen molar-refractivity contribution in [2.75, 3.05) is 11.5 Å². The fraction of sp³-hybridized carbons (Fsp3) is 0.455. The lowest BCUT2D eigenvalue weighted by atomic mass is 10.4. The van der Waals surface area contributed by atoms with Gasteiger partial charge in [0.15, 0.2) is 4.90 Å². The second kappa shape index (κ2) is 3.26. The van der Waals surface area contributed by atoms with Gasteiger partial charge in [0.25, 0.3) is 0 Å². The van der Waals surface area contributed by atoms with Crippen LogP contribution in [0.1, 0.15) is 12.8 Å². The summed E-state index contributed by atoms with van der Waals surface area (Å²) in [6, 6.07) is 0. The minimum absolute atomic E-state index is 0.485. The lowest BCUT2D eigenvalue weighted by molar-refractivity contribution is 0.887. The van der Waals surface area contributed by atoms with E-state index >= 15 is 0 Å². The van der Waals surface area contributed by atoms with Gasteiger partial charge in [0.05, 0.1) is 6.20 Å². The van der Waals surface area contributed by atoms with Crippen molar-refractivity contribution >= 4 is 24.1 Å². The molecule has 2 heterocycles. The highest BCUT2D eigenvalue weighted by molar-refractivity contribution is 7.97. The molecule has 0 aromatic carbocycles. The van der Waals surface area contributed by atoms with Crippen molar-refractivity contribution in [1.82, 2.24) is 4.57 Å². The first-order valence-corrected chi connectivity index (χ1v) is 6.27. The van der Waals surface area contributed by atoms with E-state index in [0.717, 1.165) is 5.35 Å². The highest BCUT2D eigenvalue weighted by atomic mass is 32.2. The lowest BCUT2D eigenvalue weighted by Gasteiger charge is -1.94. The fourth-order valence-electron chi connectivity index (χ4n) is 1.81. The highest BCUT2D eigenvalue weighted by Crippen LogP contribution is 2.19. The molecule has 70 valence electrons. The zero-order chi connectivity index (χ0) is 9.42. The Labute approximate surface area is 82.1 Å². The summed E-state index contributed by atoms with van der Waals surface area (Å²) in [5.74, 6) is 2.73. The van der Waals surface area contributed by atoms with Crippen LogP contribution in [0.25, 0.3) is 13.2 Å². The maximum atomic E-state index is 4.11. The average Bonchev–Trinajstić information content (AvgIpc) is 2.70. The van der Waals surface area contributed by atoms with Gasteiger partial charge in [-0.1, -0.05) is 13.2 Å². The molecular weight excluding hydrogens is 178 g/mol. The van der Waals surface area contributed by atoms with Gasteiger partial charge in [-0.05, 0) is 12.8 Å². The molecular formula is C11H16NS+. The molecule has 0 spiro atoms. The third-order valence-corrected chi connectivity index (χ3v) is 5.26. The molecule has 1 saturated heterocycles. The molecule has 0 saturated carbocycles. The minimum atomic E-state index is 0.485. The number of aryl methyl sites for hydroxylation is 1. The number of aromatic nitrogens is 1. The van der Waals surface area contributed by atoms with Crippen LogP contribution in [0.4, 0.5) is 0 Å². The predicted octanol–water partition coefficient (Wildman–Crippen LogP) is 0.617. The van der Waals surface area contributed by atoms with Crippen molar-refractivity contribution in [2.24, 2.45) is 7.05 Å². The van der Waals surface area contributed by atoms with Gasteiger partial charge in [0.1, 0.15) is 11.5 Å². The zero-order valence-electron chi connectivity index (χ0n) is 8.18. The van der Waals surface area contributed by atoms with E-state index in [1.165, 1.54) is 34.5 Å². The summed E-state index contributed by atoms with van der Waals surface area (Å²) in [5, 5.41) is 2.25. The highest BCUT2D eigenvalue weighted by Gasteiger charge is 2.28. The Kier molecular flexibility index (Phi) is 2.24. The summed E-state index contributed by atoms with van der Waals surface area (Å²) in [4.78, 5) is 1.46. The first-order valence-electron chi connectivity index (χ1n) is 4.71. The molecule has 1 aliphatic heterocycles. The third-order valence-electron chi connectivity index (χ3n) is 2.72. The van der Waals surface area contributed by atoms with Gasteiger partial charge >= 0.3 is 0 Å². The van der Waals surface area contributed by atoms with Crippen LogP contribution in [0.5, 0.6) is 0 Å². The molecule has 0 radical (unpaired) electrons. The predicted molar refractivity (Wildman–Crippen MR) is 60.3 cm³/mol. The second-order valence-corrected chi connectivity index (χ2v) is 5.88. The maximum absolute atomic E-state index is 4.11. The van der Waals surface area contributed by atoms with E-state index in [0.29, 0.717) is 10.9 Å². The Balaban J connectivity index is 2.46. The maximum Gasteiger partial charge on any atom is 0.179 e. The van der Waals surface area contributed by atoms with Crippen molar-refractivity contribution in [3.8, 4) is 0 Å². The summed E-state index contributed by atoms with van der Waals surface area (Å²) in [7, 11) is 2.54. The summed E-state index contributed by atoms with van der Waals surface area (Å²) in [6.45, 7) is 8.13. The molecule has 0 aliphatic carbocycles. The Bertz CT molecular complexity index is 398. The van der Waals surface area contributed by atoms with Gasteiger partial charge in [0.2, 0.25) is 0 Å². The Hall–Kier alpha value is -0.630. The smallest absolute Gasteiger partial charge is 0.179 e. The molecule has 0 atom stereocenters. The first-order chi connectivity index (χ1) is 6.20. The molecule has 1 nitrogen and oxygen atoms in total. The molecule has 1 fully saturated rings.